The average molecular weight is 473 g/mol. The summed E-state index contributed by atoms with van der Waals surface area (Å²) in [5.74, 6) is 4.91. The van der Waals surface area contributed by atoms with E-state index in [1.54, 1.807) is 31.4 Å². The van der Waals surface area contributed by atoms with Gasteiger partial charge in [0.05, 0.1) is 31.7 Å². The molecule has 2 N–H and O–H groups in total. The van der Waals surface area contributed by atoms with E-state index in [-0.39, 0.29) is 24.7 Å². The zero-order chi connectivity index (χ0) is 24.4. The summed E-state index contributed by atoms with van der Waals surface area (Å²) >= 11 is 0. The Hall–Kier alpha value is -3.81. The van der Waals surface area contributed by atoms with Crippen molar-refractivity contribution in [2.75, 3.05) is 38.9 Å². The number of ether oxygens (including phenoxy) is 3. The number of amides is 1. The summed E-state index contributed by atoms with van der Waals surface area (Å²) in [5.41, 5.74) is 0.235. The monoisotopic (exact) mass is 473 g/mol. The Morgan fingerprint density at radius 1 is 1.09 bits per heavy atom. The second-order valence-electron chi connectivity index (χ2n) is 6.88. The SMILES string of the molecule is COCCOCCOc1ccc(-c2ncc(C(F)(F)F)[nH]2)cc1NC(=O)C#Cc1ccccc1. The zero-order valence-electron chi connectivity index (χ0n) is 18.2. The number of anilines is 1. The lowest BCUT2D eigenvalue weighted by molar-refractivity contribution is -0.140. The van der Waals surface area contributed by atoms with Crippen molar-refractivity contribution >= 4 is 11.6 Å². The van der Waals surface area contributed by atoms with Crippen LogP contribution in [0.25, 0.3) is 11.4 Å². The van der Waals surface area contributed by atoms with E-state index in [1.165, 1.54) is 18.2 Å². The molecule has 0 saturated carbocycles. The molecule has 2 aromatic carbocycles. The van der Waals surface area contributed by atoms with Crippen LogP contribution < -0.4 is 10.1 Å². The quantitative estimate of drug-likeness (QED) is 0.361. The number of rotatable bonds is 9. The lowest BCUT2D eigenvalue weighted by Gasteiger charge is -2.13. The van der Waals surface area contributed by atoms with Crippen molar-refractivity contribution in [3.05, 3.63) is 66.0 Å². The Balaban J connectivity index is 1.79. The van der Waals surface area contributed by atoms with Crippen molar-refractivity contribution in [2.24, 2.45) is 0 Å². The Labute approximate surface area is 194 Å². The molecule has 0 unspecified atom stereocenters. The molecule has 0 spiro atoms. The van der Waals surface area contributed by atoms with Gasteiger partial charge in [0.25, 0.3) is 0 Å². The van der Waals surface area contributed by atoms with Gasteiger partial charge in [-0.3, -0.25) is 4.79 Å². The van der Waals surface area contributed by atoms with E-state index in [0.29, 0.717) is 36.3 Å². The number of H-pyrrole nitrogens is 1. The highest BCUT2D eigenvalue weighted by atomic mass is 19.4. The molecule has 0 aliphatic carbocycles. The highest BCUT2D eigenvalue weighted by Gasteiger charge is 2.33. The maximum atomic E-state index is 12.9. The zero-order valence-corrected chi connectivity index (χ0v) is 18.2. The topological polar surface area (TPSA) is 85.5 Å². The van der Waals surface area contributed by atoms with Gasteiger partial charge in [-0.2, -0.15) is 13.2 Å². The first-order valence-electron chi connectivity index (χ1n) is 10.2. The summed E-state index contributed by atoms with van der Waals surface area (Å²) in [5, 5.41) is 2.63. The molecule has 0 fully saturated rings. The summed E-state index contributed by atoms with van der Waals surface area (Å²) in [6.45, 7) is 1.30. The van der Waals surface area contributed by atoms with Crippen LogP contribution in [0.5, 0.6) is 5.75 Å². The van der Waals surface area contributed by atoms with Crippen LogP contribution in [0.1, 0.15) is 11.3 Å². The number of carbonyl (C=O) groups is 1. The largest absolute Gasteiger partial charge is 0.489 e. The Kier molecular flexibility index (Phi) is 8.67. The van der Waals surface area contributed by atoms with Gasteiger partial charge in [-0.1, -0.05) is 24.1 Å². The second kappa shape index (κ2) is 11.9. The predicted octanol–water partition coefficient (Wildman–Crippen LogP) is 4.13. The molecule has 0 aliphatic rings. The molecule has 0 bridgehead atoms. The molecule has 0 aliphatic heterocycles. The van der Waals surface area contributed by atoms with E-state index >= 15 is 0 Å². The number of benzene rings is 2. The third-order valence-corrected chi connectivity index (χ3v) is 4.39. The van der Waals surface area contributed by atoms with E-state index in [0.717, 1.165) is 0 Å². The van der Waals surface area contributed by atoms with Crippen molar-refractivity contribution in [3.8, 4) is 29.0 Å². The van der Waals surface area contributed by atoms with E-state index in [4.69, 9.17) is 14.2 Å². The molecule has 0 saturated heterocycles. The van der Waals surface area contributed by atoms with Gasteiger partial charge >= 0.3 is 12.1 Å². The standard InChI is InChI=1S/C24H22F3N3O4/c1-32-11-12-33-13-14-34-20-9-8-18(23-28-16-21(30-23)24(25,26)27)15-19(20)29-22(31)10-7-17-5-3-2-4-6-17/h2-6,8-9,15-16H,11-14H2,1H3,(H,28,30)(H,29,31). The predicted molar refractivity (Wildman–Crippen MR) is 119 cm³/mol. The van der Waals surface area contributed by atoms with Crippen molar-refractivity contribution in [1.82, 2.24) is 9.97 Å². The van der Waals surface area contributed by atoms with E-state index in [2.05, 4.69) is 27.1 Å². The third kappa shape index (κ3) is 7.37. The summed E-state index contributed by atoms with van der Waals surface area (Å²) in [6, 6.07) is 13.5. The molecular formula is C24H22F3N3O4. The number of nitrogens with one attached hydrogen (secondary N) is 2. The minimum atomic E-state index is -4.55. The van der Waals surface area contributed by atoms with Gasteiger partial charge in [-0.05, 0) is 30.3 Å². The summed E-state index contributed by atoms with van der Waals surface area (Å²) in [7, 11) is 1.56. The normalized spacial score (nSPS) is 10.9. The Morgan fingerprint density at radius 3 is 2.56 bits per heavy atom. The molecule has 1 aromatic heterocycles. The highest BCUT2D eigenvalue weighted by molar-refractivity contribution is 6.05. The Morgan fingerprint density at radius 2 is 1.85 bits per heavy atom. The van der Waals surface area contributed by atoms with Crippen LogP contribution in [0.3, 0.4) is 0 Å². The van der Waals surface area contributed by atoms with Crippen molar-refractivity contribution < 1.29 is 32.2 Å². The molecular weight excluding hydrogens is 451 g/mol. The minimum absolute atomic E-state index is 0.00681. The molecule has 0 atom stereocenters. The molecule has 1 heterocycles. The van der Waals surface area contributed by atoms with E-state index < -0.39 is 17.8 Å². The first-order valence-corrected chi connectivity index (χ1v) is 10.2. The van der Waals surface area contributed by atoms with Crippen LogP contribution in [0.15, 0.2) is 54.7 Å². The van der Waals surface area contributed by atoms with E-state index in [1.807, 2.05) is 6.07 Å². The summed E-state index contributed by atoms with van der Waals surface area (Å²) < 4.78 is 54.7. The van der Waals surface area contributed by atoms with Gasteiger partial charge < -0.3 is 24.5 Å². The number of alkyl halides is 3. The maximum absolute atomic E-state index is 12.9. The van der Waals surface area contributed by atoms with Gasteiger partial charge in [0, 0.05) is 24.2 Å². The molecule has 3 aromatic rings. The number of aromatic amines is 1. The smallest absolute Gasteiger partial charge is 0.432 e. The van der Waals surface area contributed by atoms with Gasteiger partial charge in [0.15, 0.2) is 0 Å². The highest BCUT2D eigenvalue weighted by Crippen LogP contribution is 2.32. The molecule has 34 heavy (non-hydrogen) atoms. The maximum Gasteiger partial charge on any atom is 0.432 e. The summed E-state index contributed by atoms with van der Waals surface area (Å²) in [4.78, 5) is 18.5. The molecule has 1 amide bonds. The van der Waals surface area contributed by atoms with Crippen LogP contribution in [0.2, 0.25) is 0 Å². The van der Waals surface area contributed by atoms with Crippen LogP contribution in [-0.4, -0.2) is 49.4 Å². The number of nitrogens with zero attached hydrogens (tertiary/aromatic N) is 1. The van der Waals surface area contributed by atoms with Crippen LogP contribution >= 0.6 is 0 Å². The van der Waals surface area contributed by atoms with Crippen molar-refractivity contribution in [3.63, 3.8) is 0 Å². The number of methoxy groups -OCH3 is 1. The van der Waals surface area contributed by atoms with Crippen LogP contribution in [0.4, 0.5) is 18.9 Å². The number of aromatic nitrogens is 2. The number of hydrogen-bond acceptors (Lipinski definition) is 5. The molecule has 178 valence electrons. The van der Waals surface area contributed by atoms with Crippen molar-refractivity contribution in [1.29, 1.82) is 0 Å². The first-order chi connectivity index (χ1) is 16.4. The number of halogens is 3. The molecule has 10 heteroatoms. The Bertz CT molecular complexity index is 1150. The fourth-order valence-electron chi connectivity index (χ4n) is 2.77. The third-order valence-electron chi connectivity index (χ3n) is 4.39. The lowest BCUT2D eigenvalue weighted by Crippen LogP contribution is -2.13. The first kappa shape index (κ1) is 24.8. The van der Waals surface area contributed by atoms with Gasteiger partial charge in [0.1, 0.15) is 23.9 Å². The summed E-state index contributed by atoms with van der Waals surface area (Å²) in [6.07, 6.45) is -3.85. The molecule has 7 nitrogen and oxygen atoms in total. The van der Waals surface area contributed by atoms with Crippen molar-refractivity contribution in [2.45, 2.75) is 6.18 Å². The lowest BCUT2D eigenvalue weighted by atomic mass is 10.1. The molecule has 3 rings (SSSR count). The van der Waals surface area contributed by atoms with Gasteiger partial charge in [-0.15, -0.1) is 0 Å². The molecule has 0 radical (unpaired) electrons. The number of hydrogen-bond donors (Lipinski definition) is 2. The van der Waals surface area contributed by atoms with Gasteiger partial charge in [0.2, 0.25) is 0 Å². The second-order valence-corrected chi connectivity index (χ2v) is 6.88. The van der Waals surface area contributed by atoms with Crippen LogP contribution in [0, 0.1) is 11.8 Å². The van der Waals surface area contributed by atoms with Gasteiger partial charge in [-0.25, -0.2) is 4.98 Å². The minimum Gasteiger partial charge on any atom is -0.489 e. The number of carbonyl (C=O) groups excluding carboxylic acids is 1. The fraction of sp³-hybridized carbons (Fsp3) is 0.250. The fourth-order valence-corrected chi connectivity index (χ4v) is 2.77. The number of imidazole rings is 1. The average Bonchev–Trinajstić information content (AvgIpc) is 3.32. The van der Waals surface area contributed by atoms with E-state index in [9.17, 15) is 18.0 Å². The van der Waals surface area contributed by atoms with Crippen LogP contribution in [-0.2, 0) is 20.4 Å².